The Labute approximate surface area is 293 Å². The first-order valence-corrected chi connectivity index (χ1v) is 15.9. The van der Waals surface area contributed by atoms with E-state index >= 15 is 0 Å². The summed E-state index contributed by atoms with van der Waals surface area (Å²) in [5, 5.41) is 3.10. The van der Waals surface area contributed by atoms with E-state index in [9.17, 15) is 33.6 Å². The van der Waals surface area contributed by atoms with Gasteiger partial charge in [0.25, 0.3) is 0 Å². The minimum Gasteiger partial charge on any atom is -0.463 e. The number of anilines is 1. The molecule has 0 aliphatic carbocycles. The Morgan fingerprint density at radius 3 is 1.41 bits per heavy atom. The Bertz CT molecular complexity index is 1430. The maximum Gasteiger partial charge on any atom is 0.303 e. The zero-order valence-electron chi connectivity index (χ0n) is 29.4. The van der Waals surface area contributed by atoms with E-state index in [0.29, 0.717) is 5.69 Å². The Kier molecular flexibility index (Phi) is 14.7. The summed E-state index contributed by atoms with van der Waals surface area (Å²) >= 11 is 0. The number of esters is 7. The molecule has 3 rings (SSSR count). The summed E-state index contributed by atoms with van der Waals surface area (Å²) in [5.74, 6) is -5.71. The van der Waals surface area contributed by atoms with Crippen molar-refractivity contribution in [1.29, 1.82) is 0 Å². The van der Waals surface area contributed by atoms with Crippen LogP contribution >= 0.6 is 0 Å². The topological polar surface area (TPSA) is 224 Å². The second kappa shape index (κ2) is 18.4. The van der Waals surface area contributed by atoms with Crippen LogP contribution in [0.5, 0.6) is 0 Å². The van der Waals surface area contributed by atoms with Crippen LogP contribution in [0.4, 0.5) is 5.69 Å². The molecular weight excluding hydrogens is 682 g/mol. The lowest BCUT2D eigenvalue weighted by Gasteiger charge is -2.49. The van der Waals surface area contributed by atoms with E-state index in [-0.39, 0.29) is 0 Å². The van der Waals surface area contributed by atoms with Gasteiger partial charge in [-0.2, -0.15) is 0 Å². The van der Waals surface area contributed by atoms with Crippen LogP contribution < -0.4 is 5.32 Å². The van der Waals surface area contributed by atoms with Crippen molar-refractivity contribution in [2.75, 3.05) is 18.5 Å². The highest BCUT2D eigenvalue weighted by atomic mass is 16.8. The van der Waals surface area contributed by atoms with E-state index in [1.165, 1.54) is 0 Å². The molecule has 0 aromatic heterocycles. The number of carbonyl (C=O) groups excluding carboxylic acids is 7. The maximum atomic E-state index is 12.6. The molecule has 51 heavy (non-hydrogen) atoms. The third kappa shape index (κ3) is 12.2. The number of hydrogen-bond donors (Lipinski definition) is 1. The van der Waals surface area contributed by atoms with Crippen molar-refractivity contribution in [3.05, 3.63) is 29.8 Å². The lowest BCUT2D eigenvalue weighted by molar-refractivity contribution is -0.343. The van der Waals surface area contributed by atoms with E-state index in [1.54, 1.807) is 24.3 Å². The Hall–Kier alpha value is -4.81. The van der Waals surface area contributed by atoms with Crippen molar-refractivity contribution in [3.8, 4) is 0 Å². The highest BCUT2D eigenvalue weighted by Crippen LogP contribution is 2.35. The zero-order valence-corrected chi connectivity index (χ0v) is 29.4. The number of hydrogen-bond acceptors (Lipinski definition) is 18. The van der Waals surface area contributed by atoms with Crippen molar-refractivity contribution in [3.63, 3.8) is 0 Å². The maximum absolute atomic E-state index is 12.6. The van der Waals surface area contributed by atoms with Crippen molar-refractivity contribution >= 4 is 47.5 Å². The summed E-state index contributed by atoms with van der Waals surface area (Å²) in [7, 11) is 0. The van der Waals surface area contributed by atoms with Gasteiger partial charge in [-0.1, -0.05) is 17.7 Å². The van der Waals surface area contributed by atoms with E-state index in [4.69, 9.17) is 47.4 Å². The molecule has 18 nitrogen and oxygen atoms in total. The largest absolute Gasteiger partial charge is 0.463 e. The molecule has 1 aromatic rings. The Morgan fingerprint density at radius 2 is 0.941 bits per heavy atom. The summed E-state index contributed by atoms with van der Waals surface area (Å²) in [4.78, 5) is 85.7. The van der Waals surface area contributed by atoms with Gasteiger partial charge in [0.1, 0.15) is 31.5 Å². The van der Waals surface area contributed by atoms with E-state index < -0.39 is 116 Å². The van der Waals surface area contributed by atoms with Crippen molar-refractivity contribution in [1.82, 2.24) is 0 Å². The summed E-state index contributed by atoms with van der Waals surface area (Å²) < 4.78 is 56.8. The van der Waals surface area contributed by atoms with Crippen LogP contribution in [-0.4, -0.2) is 116 Å². The molecule has 1 N–H and O–H groups in total. The average molecular weight is 726 g/mol. The van der Waals surface area contributed by atoms with Gasteiger partial charge >= 0.3 is 41.8 Å². The highest BCUT2D eigenvalue weighted by molar-refractivity contribution is 5.69. The average Bonchev–Trinajstić information content (AvgIpc) is 3.00. The fourth-order valence-corrected chi connectivity index (χ4v) is 5.44. The number of rotatable bonds is 13. The monoisotopic (exact) mass is 725 g/mol. The van der Waals surface area contributed by atoms with Crippen LogP contribution in [-0.2, 0) is 80.9 Å². The molecule has 10 atom stereocenters. The van der Waals surface area contributed by atoms with Gasteiger partial charge in [-0.15, -0.1) is 0 Å². The molecule has 2 saturated heterocycles. The zero-order chi connectivity index (χ0) is 38.0. The van der Waals surface area contributed by atoms with E-state index in [0.717, 1.165) is 54.0 Å². The fourth-order valence-electron chi connectivity index (χ4n) is 5.44. The normalized spacial score (nSPS) is 28.6. The molecule has 2 fully saturated rings. The smallest absolute Gasteiger partial charge is 0.303 e. The third-order valence-corrected chi connectivity index (χ3v) is 7.29. The molecule has 2 aliphatic rings. The molecule has 0 bridgehead atoms. The molecule has 18 heteroatoms. The first kappa shape index (κ1) is 40.6. The van der Waals surface area contributed by atoms with Gasteiger partial charge in [0.05, 0.1) is 0 Å². The van der Waals surface area contributed by atoms with Crippen LogP contribution in [0, 0.1) is 6.92 Å². The van der Waals surface area contributed by atoms with Crippen LogP contribution in [0.1, 0.15) is 54.0 Å². The SMILES string of the molecule is CC(=O)OCC1OC(O[C@H]2[C@H](OC(C)=O)[C@@H](COC(C)=O)OC(Nc3ccc(C)cc3)[C@@H]2OC(C)=O)C(OC(C)=O)C(OC(C)=O)C1OC(C)=O. The summed E-state index contributed by atoms with van der Waals surface area (Å²) in [6.45, 7) is 8.48. The highest BCUT2D eigenvalue weighted by Gasteiger charge is 2.57. The van der Waals surface area contributed by atoms with Crippen LogP contribution in [0.25, 0.3) is 0 Å². The predicted octanol–water partition coefficient (Wildman–Crippen LogP) is 1.03. The number of benzene rings is 1. The molecule has 0 spiro atoms. The van der Waals surface area contributed by atoms with E-state index in [2.05, 4.69) is 5.32 Å². The summed E-state index contributed by atoms with van der Waals surface area (Å²) in [5.41, 5.74) is 1.44. The molecule has 0 amide bonds. The number of nitrogens with one attached hydrogen (secondary N) is 1. The van der Waals surface area contributed by atoms with Crippen LogP contribution in [0.3, 0.4) is 0 Å². The van der Waals surface area contributed by atoms with Crippen molar-refractivity contribution < 1.29 is 80.9 Å². The molecular formula is C33H43NO17. The second-order valence-electron chi connectivity index (χ2n) is 11.7. The first-order chi connectivity index (χ1) is 23.9. The van der Waals surface area contributed by atoms with Gasteiger partial charge in [-0.25, -0.2) is 0 Å². The van der Waals surface area contributed by atoms with Crippen molar-refractivity contribution in [2.24, 2.45) is 0 Å². The minimum absolute atomic E-state index is 0.468. The minimum atomic E-state index is -1.78. The fraction of sp³-hybridized carbons (Fsp3) is 0.606. The third-order valence-electron chi connectivity index (χ3n) is 7.29. The van der Waals surface area contributed by atoms with Crippen LogP contribution in [0.15, 0.2) is 24.3 Å². The molecule has 0 saturated carbocycles. The molecule has 282 valence electrons. The molecule has 2 heterocycles. The first-order valence-electron chi connectivity index (χ1n) is 15.9. The van der Waals surface area contributed by atoms with Gasteiger partial charge in [0, 0.05) is 54.2 Å². The van der Waals surface area contributed by atoms with E-state index in [1.807, 2.05) is 6.92 Å². The lowest BCUT2D eigenvalue weighted by Crippen LogP contribution is -2.68. The Morgan fingerprint density at radius 1 is 0.529 bits per heavy atom. The van der Waals surface area contributed by atoms with Gasteiger partial charge in [0.15, 0.2) is 43.0 Å². The number of carbonyl (C=O) groups is 7. The second-order valence-corrected chi connectivity index (χ2v) is 11.7. The number of ether oxygens (including phenoxy) is 10. The summed E-state index contributed by atoms with van der Waals surface area (Å²) in [6, 6.07) is 7.04. The quantitative estimate of drug-likeness (QED) is 0.221. The molecule has 0 radical (unpaired) electrons. The standard InChI is InChI=1S/C33H43NO17/c1-15-9-11-23(12-10-15)34-32-30(47-21(7)40)28(26(44-18(4)37)24(49-32)13-42-16(2)35)51-33-31(48-22(8)41)29(46-20(6)39)27(45-19(5)38)25(50-33)14-43-17(3)36/h9-12,24-34H,13-14H2,1-8H3/t24-,25?,26-,27?,28+,29?,30-,31?,32?,33?/m1/s1. The Balaban J connectivity index is 2.20. The molecule has 1 aromatic carbocycles. The molecule has 2 aliphatic heterocycles. The van der Waals surface area contributed by atoms with Gasteiger partial charge < -0.3 is 52.7 Å². The number of aryl methyl sites for hydroxylation is 1. The van der Waals surface area contributed by atoms with Gasteiger partial charge in [0.2, 0.25) is 0 Å². The van der Waals surface area contributed by atoms with Crippen molar-refractivity contribution in [2.45, 2.75) is 117 Å². The van der Waals surface area contributed by atoms with Crippen LogP contribution in [0.2, 0.25) is 0 Å². The van der Waals surface area contributed by atoms with Gasteiger partial charge in [-0.3, -0.25) is 33.6 Å². The molecule has 6 unspecified atom stereocenters. The summed E-state index contributed by atoms with van der Waals surface area (Å²) in [6.07, 6.45) is -15.0. The predicted molar refractivity (Wildman–Crippen MR) is 168 cm³/mol. The lowest BCUT2D eigenvalue weighted by atomic mass is 9.95. The van der Waals surface area contributed by atoms with Gasteiger partial charge in [-0.05, 0) is 19.1 Å².